The van der Waals surface area contributed by atoms with Gasteiger partial charge in [0, 0.05) is 5.69 Å². The van der Waals surface area contributed by atoms with Gasteiger partial charge in [0.15, 0.2) is 0 Å². The molecule has 25 heavy (non-hydrogen) atoms. The van der Waals surface area contributed by atoms with E-state index in [1.807, 2.05) is 0 Å². The lowest BCUT2D eigenvalue weighted by atomic mass is 9.98. The first kappa shape index (κ1) is 20.6. The van der Waals surface area contributed by atoms with Crippen molar-refractivity contribution < 1.29 is 44.3 Å². The normalized spacial score (nSPS) is 13.3. The Kier molecular flexibility index (Phi) is 5.35. The molecule has 1 aromatic carbocycles. The van der Waals surface area contributed by atoms with E-state index in [1.165, 1.54) is 5.32 Å². The highest BCUT2D eigenvalue weighted by Crippen LogP contribution is 2.44. The molecule has 2 N–H and O–H groups in total. The van der Waals surface area contributed by atoms with Crippen LogP contribution in [-0.2, 0) is 6.18 Å². The van der Waals surface area contributed by atoms with Crippen molar-refractivity contribution in [2.24, 2.45) is 0 Å². The molecule has 0 aliphatic rings. The number of urea groups is 1. The number of nitrogens with one attached hydrogen (secondary N) is 2. The molecule has 0 fully saturated rings. The van der Waals surface area contributed by atoms with Gasteiger partial charge in [-0.3, -0.25) is 0 Å². The van der Waals surface area contributed by atoms with Gasteiger partial charge < -0.3 is 10.6 Å². The van der Waals surface area contributed by atoms with Gasteiger partial charge in [-0.1, -0.05) is 6.07 Å². The third-order valence-electron chi connectivity index (χ3n) is 2.96. The summed E-state index contributed by atoms with van der Waals surface area (Å²) in [5, 5.41) is 2.16. The van der Waals surface area contributed by atoms with Crippen molar-refractivity contribution in [1.82, 2.24) is 5.32 Å². The molecule has 12 heteroatoms. The fourth-order valence-corrected chi connectivity index (χ4v) is 1.70. The summed E-state index contributed by atoms with van der Waals surface area (Å²) in [7, 11) is 0. The standard InChI is InChI=1S/C13H9F9N2O/c1-2-10(12(17,18)19,13(20,21)22)24-9(25)23-8-5-3-4-7(6-8)11(14,15)16/h2-6H,1H2,(H2,23,24,25). The molecule has 2 amide bonds. The molecule has 140 valence electrons. The number of amides is 2. The van der Waals surface area contributed by atoms with E-state index in [9.17, 15) is 44.3 Å². The van der Waals surface area contributed by atoms with E-state index < -0.39 is 47.4 Å². The smallest absolute Gasteiger partial charge is 0.313 e. The van der Waals surface area contributed by atoms with Crippen LogP contribution in [0.25, 0.3) is 0 Å². The van der Waals surface area contributed by atoms with Crippen molar-refractivity contribution in [2.75, 3.05) is 5.32 Å². The van der Waals surface area contributed by atoms with Crippen molar-refractivity contribution in [3.63, 3.8) is 0 Å². The monoisotopic (exact) mass is 380 g/mol. The van der Waals surface area contributed by atoms with Crippen LogP contribution in [0.2, 0.25) is 0 Å². The second-order valence-corrected chi connectivity index (χ2v) is 4.67. The Bertz CT molecular complexity index is 632. The number of hydrogen-bond acceptors (Lipinski definition) is 1. The first-order chi connectivity index (χ1) is 11.1. The predicted molar refractivity (Wildman–Crippen MR) is 68.6 cm³/mol. The molecule has 0 aliphatic heterocycles. The van der Waals surface area contributed by atoms with Gasteiger partial charge >= 0.3 is 24.6 Å². The van der Waals surface area contributed by atoms with E-state index in [0.29, 0.717) is 17.4 Å². The lowest BCUT2D eigenvalue weighted by Crippen LogP contribution is -2.66. The molecule has 0 unspecified atom stereocenters. The van der Waals surface area contributed by atoms with Crippen molar-refractivity contribution >= 4 is 11.7 Å². The number of halogens is 9. The van der Waals surface area contributed by atoms with Crippen molar-refractivity contribution in [2.45, 2.75) is 24.1 Å². The summed E-state index contributed by atoms with van der Waals surface area (Å²) in [6.45, 7) is 2.44. The molecule has 0 heterocycles. The third-order valence-corrected chi connectivity index (χ3v) is 2.96. The fourth-order valence-electron chi connectivity index (χ4n) is 1.70. The second-order valence-electron chi connectivity index (χ2n) is 4.67. The average Bonchev–Trinajstić information content (AvgIpc) is 2.41. The molecule has 0 spiro atoms. The van der Waals surface area contributed by atoms with Crippen LogP contribution < -0.4 is 10.6 Å². The minimum Gasteiger partial charge on any atom is -0.313 e. The highest BCUT2D eigenvalue weighted by atomic mass is 19.4. The van der Waals surface area contributed by atoms with Gasteiger partial charge in [-0.05, 0) is 24.3 Å². The summed E-state index contributed by atoms with van der Waals surface area (Å²) in [6.07, 6.45) is -17.4. The van der Waals surface area contributed by atoms with Crippen molar-refractivity contribution in [3.8, 4) is 0 Å². The minimum atomic E-state index is -5.99. The van der Waals surface area contributed by atoms with E-state index in [4.69, 9.17) is 0 Å². The zero-order chi connectivity index (χ0) is 19.7. The zero-order valence-electron chi connectivity index (χ0n) is 11.9. The molecule has 0 saturated carbocycles. The van der Waals surface area contributed by atoms with Crippen LogP contribution in [-0.4, -0.2) is 23.9 Å². The molecule has 0 aromatic heterocycles. The molecule has 0 bridgehead atoms. The number of carbonyl (C=O) groups excluding carboxylic acids is 1. The Morgan fingerprint density at radius 3 is 1.88 bits per heavy atom. The Hall–Kier alpha value is -2.40. The van der Waals surface area contributed by atoms with E-state index in [1.54, 1.807) is 0 Å². The largest absolute Gasteiger partial charge is 0.424 e. The third kappa shape index (κ3) is 4.37. The number of hydrogen-bond donors (Lipinski definition) is 2. The van der Waals surface area contributed by atoms with Crippen LogP contribution in [0.15, 0.2) is 36.9 Å². The fraction of sp³-hybridized carbons (Fsp3) is 0.308. The number of rotatable bonds is 3. The maximum absolute atomic E-state index is 12.8. The number of benzene rings is 1. The van der Waals surface area contributed by atoms with Crippen LogP contribution in [0.3, 0.4) is 0 Å². The second kappa shape index (κ2) is 6.48. The molecule has 0 aliphatic carbocycles. The first-order valence-electron chi connectivity index (χ1n) is 6.17. The molecular weight excluding hydrogens is 371 g/mol. The molecule has 0 atom stereocenters. The number of anilines is 1. The molecule has 3 nitrogen and oxygen atoms in total. The lowest BCUT2D eigenvalue weighted by molar-refractivity contribution is -0.286. The Morgan fingerprint density at radius 1 is 0.960 bits per heavy atom. The average molecular weight is 380 g/mol. The van der Waals surface area contributed by atoms with Crippen LogP contribution in [0.1, 0.15) is 5.56 Å². The summed E-state index contributed by atoms with van der Waals surface area (Å²) in [5.74, 6) is 0. The van der Waals surface area contributed by atoms with Gasteiger partial charge in [0.05, 0.1) is 5.56 Å². The SMILES string of the molecule is C=CC(NC(=O)Nc1cccc(C(F)(F)F)c1)(C(F)(F)F)C(F)(F)F. The van der Waals surface area contributed by atoms with Gasteiger partial charge in [0.25, 0.3) is 5.54 Å². The number of alkyl halides is 9. The Labute approximate surface area is 134 Å². The molecule has 1 aromatic rings. The first-order valence-corrected chi connectivity index (χ1v) is 6.17. The topological polar surface area (TPSA) is 41.1 Å². The lowest BCUT2D eigenvalue weighted by Gasteiger charge is -2.35. The zero-order valence-corrected chi connectivity index (χ0v) is 11.9. The van der Waals surface area contributed by atoms with Crippen LogP contribution in [0.4, 0.5) is 50.0 Å². The molecule has 0 saturated heterocycles. The summed E-state index contributed by atoms with van der Waals surface area (Å²) >= 11 is 0. The van der Waals surface area contributed by atoms with Gasteiger partial charge in [-0.2, -0.15) is 39.5 Å². The van der Waals surface area contributed by atoms with Gasteiger partial charge in [-0.15, -0.1) is 6.58 Å². The van der Waals surface area contributed by atoms with E-state index in [2.05, 4.69) is 6.58 Å². The highest BCUT2D eigenvalue weighted by Gasteiger charge is 2.70. The Balaban J connectivity index is 3.10. The van der Waals surface area contributed by atoms with Gasteiger partial charge in [0.2, 0.25) is 0 Å². The number of carbonyl (C=O) groups is 1. The van der Waals surface area contributed by atoms with Gasteiger partial charge in [-0.25, -0.2) is 4.79 Å². The summed E-state index contributed by atoms with van der Waals surface area (Å²) in [4.78, 5) is 11.5. The van der Waals surface area contributed by atoms with E-state index in [-0.39, 0.29) is 0 Å². The predicted octanol–water partition coefficient (Wildman–Crippen LogP) is 4.88. The van der Waals surface area contributed by atoms with Crippen LogP contribution in [0.5, 0.6) is 0 Å². The Morgan fingerprint density at radius 2 is 1.48 bits per heavy atom. The maximum atomic E-state index is 12.8. The molecule has 0 radical (unpaired) electrons. The van der Waals surface area contributed by atoms with Crippen molar-refractivity contribution in [3.05, 3.63) is 42.5 Å². The summed E-state index contributed by atoms with van der Waals surface area (Å²) in [6, 6.07) is 0.589. The van der Waals surface area contributed by atoms with E-state index >= 15 is 0 Å². The quantitative estimate of drug-likeness (QED) is 0.570. The summed E-state index contributed by atoms with van der Waals surface area (Å²) in [5.41, 5.74) is -6.69. The molecular formula is C13H9F9N2O. The molecule has 1 rings (SSSR count). The van der Waals surface area contributed by atoms with Crippen LogP contribution in [0, 0.1) is 0 Å². The minimum absolute atomic E-state index is 0.344. The van der Waals surface area contributed by atoms with Crippen molar-refractivity contribution in [1.29, 1.82) is 0 Å². The van der Waals surface area contributed by atoms with Gasteiger partial charge in [0.1, 0.15) is 0 Å². The van der Waals surface area contributed by atoms with Crippen LogP contribution >= 0.6 is 0 Å². The highest BCUT2D eigenvalue weighted by molar-refractivity contribution is 5.90. The summed E-state index contributed by atoms with van der Waals surface area (Å²) < 4.78 is 114. The maximum Gasteiger partial charge on any atom is 0.424 e. The van der Waals surface area contributed by atoms with E-state index in [0.717, 1.165) is 12.1 Å².